The average Bonchev–Trinajstić information content (AvgIpc) is 3.52. The van der Waals surface area contributed by atoms with Crippen LogP contribution in [0.25, 0.3) is 82.4 Å². The van der Waals surface area contributed by atoms with Crippen molar-refractivity contribution in [2.45, 2.75) is 0 Å². The highest BCUT2D eigenvalue weighted by Crippen LogP contribution is 2.49. The van der Waals surface area contributed by atoms with E-state index in [0.29, 0.717) is 0 Å². The summed E-state index contributed by atoms with van der Waals surface area (Å²) in [4.78, 5) is 4.49. The number of aromatic nitrogens is 2. The summed E-state index contributed by atoms with van der Waals surface area (Å²) in [7, 11) is 0. The third kappa shape index (κ3) is 2.78. The summed E-state index contributed by atoms with van der Waals surface area (Å²) in [6, 6.07) is 44.3. The fourth-order valence-corrected chi connectivity index (χ4v) is 6.76. The summed E-state index contributed by atoms with van der Waals surface area (Å²) in [5, 5.41) is 7.71. The molecule has 0 spiro atoms. The molecule has 0 radical (unpaired) electrons. The molecule has 0 saturated carbocycles. The molecule has 39 heavy (non-hydrogen) atoms. The van der Waals surface area contributed by atoms with Crippen LogP contribution >= 0.6 is 0 Å². The number of benzene rings is 6. The minimum atomic E-state index is 1.12. The predicted octanol–water partition coefficient (Wildman–Crippen LogP) is 9.80. The van der Waals surface area contributed by atoms with Crippen molar-refractivity contribution in [2.75, 3.05) is 0 Å². The maximum atomic E-state index is 4.49. The van der Waals surface area contributed by atoms with Gasteiger partial charge < -0.3 is 4.57 Å². The highest BCUT2D eigenvalue weighted by Gasteiger charge is 2.22. The lowest BCUT2D eigenvalue weighted by Crippen LogP contribution is -1.94. The van der Waals surface area contributed by atoms with Gasteiger partial charge in [-0.05, 0) is 79.2 Å². The number of nitrogens with zero attached hydrogens (tertiary/aromatic N) is 2. The second-order valence-corrected chi connectivity index (χ2v) is 10.4. The summed E-state index contributed by atoms with van der Waals surface area (Å²) in [6.45, 7) is 0. The minimum absolute atomic E-state index is 1.12. The summed E-state index contributed by atoms with van der Waals surface area (Å²) in [5.41, 5.74) is 11.3. The summed E-state index contributed by atoms with van der Waals surface area (Å²) in [6.07, 6.45) is 3.88. The average molecular weight is 495 g/mol. The van der Waals surface area contributed by atoms with Crippen LogP contribution < -0.4 is 0 Å². The molecular weight excluding hydrogens is 472 g/mol. The Morgan fingerprint density at radius 3 is 2.03 bits per heavy atom. The van der Waals surface area contributed by atoms with E-state index in [-0.39, 0.29) is 0 Å². The van der Waals surface area contributed by atoms with Gasteiger partial charge in [-0.2, -0.15) is 0 Å². The highest BCUT2D eigenvalue weighted by molar-refractivity contribution is 6.21. The van der Waals surface area contributed by atoms with Gasteiger partial charge in [0.2, 0.25) is 0 Å². The number of hydrogen-bond donors (Lipinski definition) is 0. The Balaban J connectivity index is 1.24. The third-order valence-corrected chi connectivity index (χ3v) is 8.44. The molecule has 2 nitrogen and oxygen atoms in total. The molecule has 9 rings (SSSR count). The van der Waals surface area contributed by atoms with Crippen molar-refractivity contribution in [1.29, 1.82) is 0 Å². The first-order valence-corrected chi connectivity index (χ1v) is 13.4. The van der Waals surface area contributed by atoms with Crippen LogP contribution in [0.15, 0.2) is 134 Å². The van der Waals surface area contributed by atoms with Crippen LogP contribution in [0, 0.1) is 0 Å². The van der Waals surface area contributed by atoms with Gasteiger partial charge in [-0.3, -0.25) is 4.98 Å². The lowest BCUT2D eigenvalue weighted by Gasteiger charge is -2.12. The maximum absolute atomic E-state index is 4.49. The SMILES string of the molecule is c1ccc2c(c1)-c1cccc3c(-c4ccc(-n5c6cnccc6c6c7ccccc7ccc65)cc4)ccc-2c13. The molecule has 2 heteroatoms. The number of rotatable bonds is 2. The molecule has 180 valence electrons. The lowest BCUT2D eigenvalue weighted by molar-refractivity contribution is 1.17. The minimum Gasteiger partial charge on any atom is -0.308 e. The van der Waals surface area contributed by atoms with Crippen LogP contribution in [0.4, 0.5) is 0 Å². The molecule has 0 atom stereocenters. The molecule has 0 aliphatic heterocycles. The van der Waals surface area contributed by atoms with Crippen LogP contribution in [0.5, 0.6) is 0 Å². The Bertz CT molecular complexity index is 2240. The first-order valence-electron chi connectivity index (χ1n) is 13.4. The molecule has 0 N–H and O–H groups in total. The Kier molecular flexibility index (Phi) is 4.08. The van der Waals surface area contributed by atoms with Crippen molar-refractivity contribution in [1.82, 2.24) is 9.55 Å². The Morgan fingerprint density at radius 1 is 0.436 bits per heavy atom. The second kappa shape index (κ2) is 7.66. The van der Waals surface area contributed by atoms with E-state index in [9.17, 15) is 0 Å². The van der Waals surface area contributed by atoms with Gasteiger partial charge in [-0.25, -0.2) is 0 Å². The zero-order chi connectivity index (χ0) is 25.5. The van der Waals surface area contributed by atoms with E-state index in [1.54, 1.807) is 0 Å². The van der Waals surface area contributed by atoms with Crippen LogP contribution in [-0.2, 0) is 0 Å². The fourth-order valence-electron chi connectivity index (χ4n) is 6.76. The second-order valence-electron chi connectivity index (χ2n) is 10.4. The van der Waals surface area contributed by atoms with Gasteiger partial charge in [-0.15, -0.1) is 0 Å². The highest BCUT2D eigenvalue weighted by atomic mass is 15.0. The molecular formula is C37H22N2. The largest absolute Gasteiger partial charge is 0.308 e. The zero-order valence-electron chi connectivity index (χ0n) is 21.1. The van der Waals surface area contributed by atoms with Crippen LogP contribution in [0.1, 0.15) is 0 Å². The number of hydrogen-bond acceptors (Lipinski definition) is 1. The van der Waals surface area contributed by atoms with E-state index in [4.69, 9.17) is 0 Å². The quantitative estimate of drug-likeness (QED) is 0.234. The van der Waals surface area contributed by atoms with Crippen molar-refractivity contribution in [3.8, 4) is 39.1 Å². The normalized spacial score (nSPS) is 12.1. The molecule has 0 fully saturated rings. The monoisotopic (exact) mass is 494 g/mol. The van der Waals surface area contributed by atoms with Gasteiger partial charge in [0.1, 0.15) is 0 Å². The van der Waals surface area contributed by atoms with E-state index in [1.807, 2.05) is 12.4 Å². The van der Waals surface area contributed by atoms with Crippen LogP contribution in [0.3, 0.4) is 0 Å². The standard InChI is InChI=1S/C37H22N2/c1-2-7-27-23(6-1)14-19-34-37(27)33-20-21-38-22-35(33)39(34)25-15-12-24(13-16-25)26-17-18-32-29-9-4-3-8-28(29)31-11-5-10-30(26)36(31)32/h1-22H. The van der Waals surface area contributed by atoms with Crippen molar-refractivity contribution < 1.29 is 0 Å². The molecule has 0 amide bonds. The molecule has 1 aliphatic rings. The van der Waals surface area contributed by atoms with Crippen LogP contribution in [-0.4, -0.2) is 9.55 Å². The van der Waals surface area contributed by atoms with Gasteiger partial charge in [0.15, 0.2) is 0 Å². The Hall–Kier alpha value is -5.21. The van der Waals surface area contributed by atoms with Crippen molar-refractivity contribution in [2.24, 2.45) is 0 Å². The van der Waals surface area contributed by atoms with Crippen molar-refractivity contribution in [3.63, 3.8) is 0 Å². The molecule has 6 aromatic carbocycles. The van der Waals surface area contributed by atoms with Gasteiger partial charge >= 0.3 is 0 Å². The number of pyridine rings is 1. The number of fused-ring (bicyclic) bond motifs is 8. The summed E-state index contributed by atoms with van der Waals surface area (Å²) < 4.78 is 2.35. The van der Waals surface area contributed by atoms with E-state index >= 15 is 0 Å². The molecule has 2 aromatic heterocycles. The van der Waals surface area contributed by atoms with E-state index in [2.05, 4.69) is 131 Å². The smallest absolute Gasteiger partial charge is 0.0724 e. The van der Waals surface area contributed by atoms with E-state index < -0.39 is 0 Å². The van der Waals surface area contributed by atoms with E-state index in [1.165, 1.54) is 71.2 Å². The van der Waals surface area contributed by atoms with Gasteiger partial charge in [-0.1, -0.05) is 97.1 Å². The van der Waals surface area contributed by atoms with Gasteiger partial charge in [0, 0.05) is 22.7 Å². The predicted molar refractivity (Wildman–Crippen MR) is 163 cm³/mol. The molecule has 1 aliphatic carbocycles. The molecule has 0 saturated heterocycles. The summed E-state index contributed by atoms with van der Waals surface area (Å²) in [5.74, 6) is 0. The Morgan fingerprint density at radius 2 is 1.15 bits per heavy atom. The van der Waals surface area contributed by atoms with Crippen LogP contribution in [0.2, 0.25) is 0 Å². The van der Waals surface area contributed by atoms with Crippen molar-refractivity contribution >= 4 is 43.4 Å². The lowest BCUT2D eigenvalue weighted by atomic mass is 9.94. The maximum Gasteiger partial charge on any atom is 0.0724 e. The van der Waals surface area contributed by atoms with E-state index in [0.717, 1.165) is 11.2 Å². The van der Waals surface area contributed by atoms with Gasteiger partial charge in [0.05, 0.1) is 17.2 Å². The third-order valence-electron chi connectivity index (χ3n) is 8.44. The molecule has 2 heterocycles. The van der Waals surface area contributed by atoms with Gasteiger partial charge in [0.25, 0.3) is 0 Å². The Labute approximate surface area is 225 Å². The summed E-state index contributed by atoms with van der Waals surface area (Å²) >= 11 is 0. The van der Waals surface area contributed by atoms with Crippen molar-refractivity contribution in [3.05, 3.63) is 134 Å². The first-order chi connectivity index (χ1) is 19.4. The fraction of sp³-hybridized carbons (Fsp3) is 0. The zero-order valence-corrected chi connectivity index (χ0v) is 21.1. The molecule has 0 bridgehead atoms. The molecule has 8 aromatic rings. The first kappa shape index (κ1) is 20.8. The topological polar surface area (TPSA) is 17.8 Å². The molecule has 0 unspecified atom stereocenters.